The van der Waals surface area contributed by atoms with Gasteiger partial charge in [0.1, 0.15) is 0 Å². The van der Waals surface area contributed by atoms with E-state index in [1.807, 2.05) is 0 Å². The Morgan fingerprint density at radius 3 is 2.92 bits per heavy atom. The summed E-state index contributed by atoms with van der Waals surface area (Å²) in [6, 6.07) is 0. The maximum Gasteiger partial charge on any atom is 0.249 e. The SMILES string of the molecule is C=CC(=O)Nc1ncc(C(C)C)s1. The van der Waals surface area contributed by atoms with Gasteiger partial charge in [0.25, 0.3) is 0 Å². The summed E-state index contributed by atoms with van der Waals surface area (Å²) >= 11 is 1.49. The van der Waals surface area contributed by atoms with Gasteiger partial charge in [-0.3, -0.25) is 10.1 Å². The Kier molecular flexibility index (Phi) is 3.19. The second-order valence-electron chi connectivity index (χ2n) is 2.92. The van der Waals surface area contributed by atoms with Crippen LogP contribution in [0.25, 0.3) is 0 Å². The summed E-state index contributed by atoms with van der Waals surface area (Å²) in [5, 5.41) is 3.25. The molecule has 0 spiro atoms. The summed E-state index contributed by atoms with van der Waals surface area (Å²) in [6.07, 6.45) is 3.02. The van der Waals surface area contributed by atoms with Crippen LogP contribution in [0.1, 0.15) is 24.6 Å². The Morgan fingerprint density at radius 1 is 1.77 bits per heavy atom. The van der Waals surface area contributed by atoms with E-state index < -0.39 is 0 Å². The molecule has 0 atom stereocenters. The van der Waals surface area contributed by atoms with Crippen LogP contribution in [-0.4, -0.2) is 10.9 Å². The third-order valence-corrected chi connectivity index (χ3v) is 2.72. The first kappa shape index (κ1) is 9.92. The molecule has 0 saturated carbocycles. The summed E-state index contributed by atoms with van der Waals surface area (Å²) < 4.78 is 0. The van der Waals surface area contributed by atoms with E-state index in [0.717, 1.165) is 0 Å². The molecule has 3 nitrogen and oxygen atoms in total. The van der Waals surface area contributed by atoms with Crippen LogP contribution >= 0.6 is 11.3 Å². The molecule has 0 aliphatic rings. The van der Waals surface area contributed by atoms with Crippen molar-refractivity contribution in [3.05, 3.63) is 23.7 Å². The average Bonchev–Trinajstić information content (AvgIpc) is 2.52. The van der Waals surface area contributed by atoms with Crippen molar-refractivity contribution in [2.45, 2.75) is 19.8 Å². The van der Waals surface area contributed by atoms with Gasteiger partial charge in [-0.2, -0.15) is 0 Å². The molecule has 1 amide bonds. The highest BCUT2D eigenvalue weighted by Crippen LogP contribution is 2.24. The smallest absolute Gasteiger partial charge is 0.249 e. The van der Waals surface area contributed by atoms with Crippen LogP contribution in [-0.2, 0) is 4.79 Å². The van der Waals surface area contributed by atoms with Gasteiger partial charge in [0.2, 0.25) is 5.91 Å². The zero-order valence-corrected chi connectivity index (χ0v) is 8.52. The summed E-state index contributed by atoms with van der Waals surface area (Å²) in [4.78, 5) is 16.1. The molecule has 0 aliphatic heterocycles. The molecule has 0 unspecified atom stereocenters. The van der Waals surface area contributed by atoms with E-state index in [2.05, 4.69) is 30.7 Å². The molecule has 0 aliphatic carbocycles. The molecule has 0 fully saturated rings. The Balaban J connectivity index is 2.69. The van der Waals surface area contributed by atoms with E-state index in [9.17, 15) is 4.79 Å². The third-order valence-electron chi connectivity index (χ3n) is 1.51. The second kappa shape index (κ2) is 4.18. The predicted octanol–water partition coefficient (Wildman–Crippen LogP) is 2.39. The minimum Gasteiger partial charge on any atom is -0.298 e. The molecule has 0 aromatic carbocycles. The zero-order chi connectivity index (χ0) is 9.84. The topological polar surface area (TPSA) is 42.0 Å². The van der Waals surface area contributed by atoms with Crippen LogP contribution in [0, 0.1) is 0 Å². The number of anilines is 1. The van der Waals surface area contributed by atoms with Gasteiger partial charge < -0.3 is 0 Å². The van der Waals surface area contributed by atoms with Crippen molar-refractivity contribution in [1.82, 2.24) is 4.98 Å². The fourth-order valence-electron chi connectivity index (χ4n) is 0.768. The lowest BCUT2D eigenvalue weighted by molar-refractivity contribution is -0.111. The summed E-state index contributed by atoms with van der Waals surface area (Å²) in [5.41, 5.74) is 0. The van der Waals surface area contributed by atoms with Crippen LogP contribution in [0.4, 0.5) is 5.13 Å². The van der Waals surface area contributed by atoms with Crippen molar-refractivity contribution in [3.8, 4) is 0 Å². The normalized spacial score (nSPS) is 10.1. The number of nitrogens with zero attached hydrogens (tertiary/aromatic N) is 1. The van der Waals surface area contributed by atoms with E-state index >= 15 is 0 Å². The van der Waals surface area contributed by atoms with Gasteiger partial charge in [0, 0.05) is 11.1 Å². The van der Waals surface area contributed by atoms with Crippen LogP contribution in [0.3, 0.4) is 0 Å². The molecule has 13 heavy (non-hydrogen) atoms. The molecule has 1 N–H and O–H groups in total. The quantitative estimate of drug-likeness (QED) is 0.754. The summed E-state index contributed by atoms with van der Waals surface area (Å²) in [7, 11) is 0. The number of carbonyl (C=O) groups is 1. The van der Waals surface area contributed by atoms with Gasteiger partial charge in [0.05, 0.1) is 0 Å². The lowest BCUT2D eigenvalue weighted by Crippen LogP contribution is -2.06. The van der Waals surface area contributed by atoms with Gasteiger partial charge in [-0.15, -0.1) is 11.3 Å². The number of carbonyl (C=O) groups excluding carboxylic acids is 1. The summed E-state index contributed by atoms with van der Waals surface area (Å²) in [6.45, 7) is 7.54. The molecular formula is C9H12N2OS. The van der Waals surface area contributed by atoms with E-state index in [4.69, 9.17) is 0 Å². The lowest BCUT2D eigenvalue weighted by atomic mass is 10.2. The van der Waals surface area contributed by atoms with E-state index in [1.165, 1.54) is 22.3 Å². The number of hydrogen-bond donors (Lipinski definition) is 1. The minimum absolute atomic E-state index is 0.218. The molecular weight excluding hydrogens is 184 g/mol. The minimum atomic E-state index is -0.218. The maximum atomic E-state index is 10.9. The first-order valence-electron chi connectivity index (χ1n) is 4.02. The first-order chi connectivity index (χ1) is 6.13. The van der Waals surface area contributed by atoms with Crippen molar-refractivity contribution in [1.29, 1.82) is 0 Å². The van der Waals surface area contributed by atoms with Crippen LogP contribution in [0.2, 0.25) is 0 Å². The molecule has 70 valence electrons. The third kappa shape index (κ3) is 2.66. The summed E-state index contributed by atoms with van der Waals surface area (Å²) in [5.74, 6) is 0.233. The standard InChI is InChI=1S/C9H12N2OS/c1-4-8(12)11-9-10-5-7(13-9)6(2)3/h4-6H,1H2,2-3H3,(H,10,11,12). The molecule has 0 saturated heterocycles. The van der Waals surface area contributed by atoms with Crippen molar-refractivity contribution >= 4 is 22.4 Å². The monoisotopic (exact) mass is 196 g/mol. The molecule has 0 radical (unpaired) electrons. The van der Waals surface area contributed by atoms with Crippen molar-refractivity contribution < 1.29 is 4.79 Å². The second-order valence-corrected chi connectivity index (χ2v) is 3.98. The van der Waals surface area contributed by atoms with Gasteiger partial charge in [-0.05, 0) is 12.0 Å². The fraction of sp³-hybridized carbons (Fsp3) is 0.333. The van der Waals surface area contributed by atoms with Gasteiger partial charge in [-0.25, -0.2) is 4.98 Å². The van der Waals surface area contributed by atoms with Crippen molar-refractivity contribution in [2.75, 3.05) is 5.32 Å². The van der Waals surface area contributed by atoms with E-state index in [-0.39, 0.29) is 5.91 Å². The number of hydrogen-bond acceptors (Lipinski definition) is 3. The Hall–Kier alpha value is -1.16. The zero-order valence-electron chi connectivity index (χ0n) is 7.70. The lowest BCUT2D eigenvalue weighted by Gasteiger charge is -1.96. The van der Waals surface area contributed by atoms with Crippen LogP contribution in [0.5, 0.6) is 0 Å². The highest BCUT2D eigenvalue weighted by Gasteiger charge is 2.06. The molecule has 1 aromatic rings. The molecule has 4 heteroatoms. The Morgan fingerprint density at radius 2 is 2.46 bits per heavy atom. The number of aromatic nitrogens is 1. The van der Waals surface area contributed by atoms with Crippen LogP contribution in [0.15, 0.2) is 18.9 Å². The number of nitrogens with one attached hydrogen (secondary N) is 1. The van der Waals surface area contributed by atoms with Crippen molar-refractivity contribution in [3.63, 3.8) is 0 Å². The largest absolute Gasteiger partial charge is 0.298 e. The highest BCUT2D eigenvalue weighted by atomic mass is 32.1. The molecule has 1 aromatic heterocycles. The highest BCUT2D eigenvalue weighted by molar-refractivity contribution is 7.15. The Labute approximate surface area is 81.5 Å². The van der Waals surface area contributed by atoms with Gasteiger partial charge in [-0.1, -0.05) is 20.4 Å². The molecule has 1 rings (SSSR count). The number of rotatable bonds is 3. The Bertz CT molecular complexity index is 317. The van der Waals surface area contributed by atoms with Gasteiger partial charge in [0.15, 0.2) is 5.13 Å². The van der Waals surface area contributed by atoms with Crippen LogP contribution < -0.4 is 5.32 Å². The number of amides is 1. The fourth-order valence-corrected chi connectivity index (χ4v) is 1.59. The van der Waals surface area contributed by atoms with E-state index in [1.54, 1.807) is 6.20 Å². The van der Waals surface area contributed by atoms with Crippen molar-refractivity contribution in [2.24, 2.45) is 0 Å². The van der Waals surface area contributed by atoms with E-state index in [0.29, 0.717) is 11.0 Å². The predicted molar refractivity (Wildman–Crippen MR) is 55.0 cm³/mol. The number of thiazole rings is 1. The first-order valence-corrected chi connectivity index (χ1v) is 4.84. The molecule has 0 bridgehead atoms. The maximum absolute atomic E-state index is 10.9. The average molecular weight is 196 g/mol. The molecule has 1 heterocycles. The van der Waals surface area contributed by atoms with Gasteiger partial charge >= 0.3 is 0 Å².